The Morgan fingerprint density at radius 1 is 0.895 bits per heavy atom. The predicted molar refractivity (Wildman–Crippen MR) is 150 cm³/mol. The molecule has 1 aliphatic heterocycles. The summed E-state index contributed by atoms with van der Waals surface area (Å²) in [6.45, 7) is 7.08. The zero-order chi connectivity index (χ0) is 26.2. The van der Waals surface area contributed by atoms with Crippen molar-refractivity contribution < 1.29 is 4.79 Å². The van der Waals surface area contributed by atoms with Gasteiger partial charge in [-0.1, -0.05) is 77.9 Å². The molecule has 3 heterocycles. The highest BCUT2D eigenvalue weighted by atomic mass is 16.2. The topological polar surface area (TPSA) is 55.1 Å². The number of carbonyl (C=O) groups is 1. The molecule has 190 valence electrons. The second-order valence-corrected chi connectivity index (χ2v) is 10.0. The van der Waals surface area contributed by atoms with Crippen molar-refractivity contribution in [3.63, 3.8) is 0 Å². The quantitative estimate of drug-likeness (QED) is 0.310. The lowest BCUT2D eigenvalue weighted by atomic mass is 10.00. The molecule has 0 saturated heterocycles. The summed E-state index contributed by atoms with van der Waals surface area (Å²) in [5.41, 5.74) is 8.47. The molecule has 1 N–H and O–H groups in total. The second kappa shape index (κ2) is 9.71. The summed E-state index contributed by atoms with van der Waals surface area (Å²) >= 11 is 0. The maximum Gasteiger partial charge on any atom is 0.318 e. The second-order valence-electron chi connectivity index (χ2n) is 10.0. The Bertz CT molecular complexity index is 1600. The Balaban J connectivity index is 1.47. The van der Waals surface area contributed by atoms with E-state index in [2.05, 4.69) is 96.7 Å². The van der Waals surface area contributed by atoms with Crippen molar-refractivity contribution >= 4 is 6.03 Å². The first-order chi connectivity index (χ1) is 18.5. The predicted octanol–water partition coefficient (Wildman–Crippen LogP) is 6.40. The van der Waals surface area contributed by atoms with Crippen LogP contribution in [0.4, 0.5) is 4.79 Å². The molecular formula is C32H31N5O. The molecule has 2 aromatic heterocycles. The van der Waals surface area contributed by atoms with Crippen LogP contribution in [0.5, 0.6) is 0 Å². The fourth-order valence-corrected chi connectivity index (χ4v) is 5.33. The van der Waals surface area contributed by atoms with Crippen molar-refractivity contribution in [3.05, 3.63) is 136 Å². The Labute approximate surface area is 223 Å². The summed E-state index contributed by atoms with van der Waals surface area (Å²) in [5.74, 6) is 0.972. The van der Waals surface area contributed by atoms with E-state index in [1.54, 1.807) is 0 Å². The third-order valence-corrected chi connectivity index (χ3v) is 7.27. The SMILES string of the molecule is Cc1ccc(CNC(=O)N2Cc3c(C)nn(-c4ccccc4)c3-n3cccc3C2c2cccc(C)c2)cc1. The van der Waals surface area contributed by atoms with Gasteiger partial charge in [0.05, 0.1) is 29.7 Å². The molecule has 0 fully saturated rings. The monoisotopic (exact) mass is 501 g/mol. The number of fused-ring (bicyclic) bond motifs is 3. The summed E-state index contributed by atoms with van der Waals surface area (Å²) in [6.07, 6.45) is 2.07. The number of para-hydroxylation sites is 1. The number of aryl methyl sites for hydroxylation is 3. The van der Waals surface area contributed by atoms with Gasteiger partial charge in [0.25, 0.3) is 0 Å². The lowest BCUT2D eigenvalue weighted by Crippen LogP contribution is -2.41. The van der Waals surface area contributed by atoms with Gasteiger partial charge >= 0.3 is 6.03 Å². The maximum absolute atomic E-state index is 14.0. The first-order valence-corrected chi connectivity index (χ1v) is 13.0. The number of hydrogen-bond acceptors (Lipinski definition) is 2. The molecule has 38 heavy (non-hydrogen) atoms. The molecule has 0 radical (unpaired) electrons. The fraction of sp³-hybridized carbons (Fsp3) is 0.188. The molecule has 2 amide bonds. The van der Waals surface area contributed by atoms with Crippen LogP contribution in [0.1, 0.15) is 45.2 Å². The van der Waals surface area contributed by atoms with Gasteiger partial charge in [-0.25, -0.2) is 9.48 Å². The van der Waals surface area contributed by atoms with Gasteiger partial charge in [0.2, 0.25) is 0 Å². The number of rotatable bonds is 4. The van der Waals surface area contributed by atoms with E-state index < -0.39 is 0 Å². The summed E-state index contributed by atoms with van der Waals surface area (Å²) in [4.78, 5) is 15.9. The summed E-state index contributed by atoms with van der Waals surface area (Å²) in [6, 6.07) is 30.7. The molecule has 0 spiro atoms. The average molecular weight is 502 g/mol. The molecule has 6 rings (SSSR count). The highest BCUT2D eigenvalue weighted by Crippen LogP contribution is 2.38. The molecule has 0 saturated carbocycles. The normalized spacial score (nSPS) is 14.5. The van der Waals surface area contributed by atoms with Gasteiger partial charge in [-0.15, -0.1) is 0 Å². The third kappa shape index (κ3) is 4.28. The molecule has 5 aromatic rings. The highest BCUT2D eigenvalue weighted by molar-refractivity contribution is 5.76. The summed E-state index contributed by atoms with van der Waals surface area (Å²) in [5, 5.41) is 8.12. The largest absolute Gasteiger partial charge is 0.334 e. The zero-order valence-corrected chi connectivity index (χ0v) is 21.9. The number of hydrogen-bond donors (Lipinski definition) is 1. The molecule has 0 aliphatic carbocycles. The van der Waals surface area contributed by atoms with Crippen molar-refractivity contribution in [2.75, 3.05) is 0 Å². The van der Waals surface area contributed by atoms with Gasteiger partial charge in [-0.05, 0) is 56.2 Å². The molecule has 1 unspecified atom stereocenters. The number of carbonyl (C=O) groups excluding carboxylic acids is 1. The molecule has 0 bridgehead atoms. The van der Waals surface area contributed by atoms with Gasteiger partial charge in [0.1, 0.15) is 5.82 Å². The van der Waals surface area contributed by atoms with Crippen LogP contribution in [0.3, 0.4) is 0 Å². The number of aromatic nitrogens is 3. The molecular weight excluding hydrogens is 470 g/mol. The molecule has 3 aromatic carbocycles. The highest BCUT2D eigenvalue weighted by Gasteiger charge is 2.35. The van der Waals surface area contributed by atoms with Crippen molar-refractivity contribution in [1.29, 1.82) is 0 Å². The first kappa shape index (κ1) is 23.8. The molecule has 6 heteroatoms. The Morgan fingerprint density at radius 2 is 1.68 bits per heavy atom. The standard InChI is InChI=1S/C32H31N5O/c1-22-14-16-25(17-15-22)20-33-32(38)36-21-28-24(3)34-37(27-11-5-4-6-12-27)31(28)35-18-8-13-29(35)30(36)26-10-7-9-23(2)19-26/h4-19,30H,20-21H2,1-3H3,(H,33,38). The smallest absolute Gasteiger partial charge is 0.318 e. The average Bonchev–Trinajstić information content (AvgIpc) is 3.49. The minimum atomic E-state index is -0.265. The van der Waals surface area contributed by atoms with E-state index in [9.17, 15) is 4.79 Å². The van der Waals surface area contributed by atoms with Crippen LogP contribution in [0, 0.1) is 20.8 Å². The lowest BCUT2D eigenvalue weighted by Gasteiger charge is -2.31. The van der Waals surface area contributed by atoms with Crippen molar-refractivity contribution in [2.24, 2.45) is 0 Å². The van der Waals surface area contributed by atoms with Crippen molar-refractivity contribution in [2.45, 2.75) is 39.9 Å². The van der Waals surface area contributed by atoms with Gasteiger partial charge in [0, 0.05) is 18.3 Å². The maximum atomic E-state index is 14.0. The number of benzene rings is 3. The number of urea groups is 1. The number of nitrogens with zero attached hydrogens (tertiary/aromatic N) is 4. The summed E-state index contributed by atoms with van der Waals surface area (Å²) in [7, 11) is 0. The van der Waals surface area contributed by atoms with Crippen LogP contribution in [-0.4, -0.2) is 25.3 Å². The van der Waals surface area contributed by atoms with Crippen LogP contribution in [0.2, 0.25) is 0 Å². The number of amides is 2. The van der Waals surface area contributed by atoms with E-state index in [-0.39, 0.29) is 12.1 Å². The van der Waals surface area contributed by atoms with Gasteiger partial charge in [0.15, 0.2) is 0 Å². The van der Waals surface area contributed by atoms with Crippen LogP contribution >= 0.6 is 0 Å². The van der Waals surface area contributed by atoms with Crippen molar-refractivity contribution in [3.8, 4) is 11.5 Å². The molecule has 1 aliphatic rings. The Kier molecular flexibility index (Phi) is 6.08. The first-order valence-electron chi connectivity index (χ1n) is 13.0. The minimum absolute atomic E-state index is 0.107. The van der Waals surface area contributed by atoms with E-state index >= 15 is 0 Å². The van der Waals surface area contributed by atoms with E-state index in [0.29, 0.717) is 13.1 Å². The van der Waals surface area contributed by atoms with Gasteiger partial charge in [-0.2, -0.15) is 5.10 Å². The summed E-state index contributed by atoms with van der Waals surface area (Å²) < 4.78 is 4.19. The molecule has 1 atom stereocenters. The van der Waals surface area contributed by atoms with E-state index in [1.165, 1.54) is 5.56 Å². The van der Waals surface area contributed by atoms with Crippen LogP contribution in [0.15, 0.2) is 97.2 Å². The Hall–Kier alpha value is -4.58. The van der Waals surface area contributed by atoms with E-state index in [0.717, 1.165) is 45.1 Å². The third-order valence-electron chi connectivity index (χ3n) is 7.27. The van der Waals surface area contributed by atoms with Crippen LogP contribution in [-0.2, 0) is 13.1 Å². The van der Waals surface area contributed by atoms with Crippen LogP contribution < -0.4 is 5.32 Å². The van der Waals surface area contributed by atoms with Gasteiger partial charge < -0.3 is 14.8 Å². The minimum Gasteiger partial charge on any atom is -0.334 e. The van der Waals surface area contributed by atoms with E-state index in [4.69, 9.17) is 5.10 Å². The number of nitrogens with one attached hydrogen (secondary N) is 1. The Morgan fingerprint density at radius 3 is 2.45 bits per heavy atom. The van der Waals surface area contributed by atoms with E-state index in [1.807, 2.05) is 40.8 Å². The van der Waals surface area contributed by atoms with Gasteiger partial charge in [-0.3, -0.25) is 0 Å². The zero-order valence-electron chi connectivity index (χ0n) is 21.9. The van der Waals surface area contributed by atoms with Crippen molar-refractivity contribution in [1.82, 2.24) is 24.6 Å². The fourth-order valence-electron chi connectivity index (χ4n) is 5.33. The molecule has 6 nitrogen and oxygen atoms in total. The van der Waals surface area contributed by atoms with Crippen LogP contribution in [0.25, 0.3) is 11.5 Å². The lowest BCUT2D eigenvalue weighted by molar-refractivity contribution is 0.180.